The zero-order valence-electron chi connectivity index (χ0n) is 5.67. The third-order valence-electron chi connectivity index (χ3n) is 0.821. The fraction of sp³-hybridized carbons (Fsp3) is 1.00. The molecule has 0 aliphatic carbocycles. The van der Waals surface area contributed by atoms with Gasteiger partial charge in [0.2, 0.25) is 0 Å². The van der Waals surface area contributed by atoms with Gasteiger partial charge in [-0.1, -0.05) is 0 Å². The van der Waals surface area contributed by atoms with Crippen molar-refractivity contribution in [3.63, 3.8) is 0 Å². The Kier molecular flexibility index (Phi) is 6.40. The lowest BCUT2D eigenvalue weighted by molar-refractivity contribution is 0.183. The highest BCUT2D eigenvalue weighted by Gasteiger charge is 2.03. The first-order valence-electron chi connectivity index (χ1n) is 2.70. The lowest BCUT2D eigenvalue weighted by Crippen LogP contribution is -2.23. The summed E-state index contributed by atoms with van der Waals surface area (Å²) in [5.41, 5.74) is 0. The lowest BCUT2D eigenvalue weighted by Gasteiger charge is -2.12. The second kappa shape index (κ2) is 5.76. The predicted octanol–water partition coefficient (Wildman–Crippen LogP) is 0.992. The van der Waals surface area contributed by atoms with Crippen molar-refractivity contribution in [1.82, 2.24) is 3.11 Å². The SMILES string of the molecule is CSCC(O)CN(C)I. The maximum absolute atomic E-state index is 9.15. The summed E-state index contributed by atoms with van der Waals surface area (Å²) < 4.78 is 1.96. The first kappa shape index (κ1) is 10.0. The third-order valence-corrected chi connectivity index (χ3v) is 1.93. The van der Waals surface area contributed by atoms with E-state index in [1.54, 1.807) is 11.8 Å². The Balaban J connectivity index is 3.15. The standard InChI is InChI=1S/C5H12INOS/c1-7(6)3-5(8)4-9-2/h5,8H,3-4H2,1-2H3. The van der Waals surface area contributed by atoms with Crippen LogP contribution in [0.15, 0.2) is 0 Å². The maximum Gasteiger partial charge on any atom is 0.0765 e. The van der Waals surface area contributed by atoms with E-state index < -0.39 is 0 Å². The Hall–Kier alpha value is 1.00. The zero-order chi connectivity index (χ0) is 7.28. The molecule has 0 amide bonds. The van der Waals surface area contributed by atoms with Crippen molar-refractivity contribution in [3.8, 4) is 0 Å². The van der Waals surface area contributed by atoms with Crippen LogP contribution in [0.1, 0.15) is 0 Å². The van der Waals surface area contributed by atoms with Crippen molar-refractivity contribution in [3.05, 3.63) is 0 Å². The Morgan fingerprint density at radius 2 is 2.33 bits per heavy atom. The Labute approximate surface area is 74.5 Å². The second-order valence-electron chi connectivity index (χ2n) is 1.90. The minimum atomic E-state index is -0.179. The van der Waals surface area contributed by atoms with Crippen molar-refractivity contribution in [2.75, 3.05) is 25.6 Å². The quantitative estimate of drug-likeness (QED) is 0.603. The molecular weight excluding hydrogens is 249 g/mol. The van der Waals surface area contributed by atoms with E-state index in [0.29, 0.717) is 0 Å². The van der Waals surface area contributed by atoms with Gasteiger partial charge in [-0.25, -0.2) is 3.11 Å². The molecule has 0 rings (SSSR count). The van der Waals surface area contributed by atoms with E-state index in [1.807, 2.05) is 16.4 Å². The minimum absolute atomic E-state index is 0.179. The molecule has 0 aromatic carbocycles. The maximum atomic E-state index is 9.15. The van der Waals surface area contributed by atoms with Crippen molar-refractivity contribution >= 4 is 34.6 Å². The molecule has 0 spiro atoms. The van der Waals surface area contributed by atoms with Crippen LogP contribution in [0.4, 0.5) is 0 Å². The highest BCUT2D eigenvalue weighted by Crippen LogP contribution is 2.01. The van der Waals surface area contributed by atoms with Gasteiger partial charge in [0.05, 0.1) is 6.10 Å². The third kappa shape index (κ3) is 6.89. The van der Waals surface area contributed by atoms with Gasteiger partial charge in [0.1, 0.15) is 0 Å². The molecule has 0 saturated carbocycles. The average Bonchev–Trinajstić information content (AvgIpc) is 1.63. The molecule has 0 fully saturated rings. The molecule has 0 aliphatic heterocycles. The summed E-state index contributed by atoms with van der Waals surface area (Å²) in [4.78, 5) is 0. The average molecular weight is 261 g/mol. The Bertz CT molecular complexity index is 72.0. The van der Waals surface area contributed by atoms with Gasteiger partial charge in [-0.3, -0.25) is 0 Å². The number of halogens is 1. The summed E-state index contributed by atoms with van der Waals surface area (Å²) >= 11 is 3.83. The summed E-state index contributed by atoms with van der Waals surface area (Å²) in [6.07, 6.45) is 1.82. The van der Waals surface area contributed by atoms with E-state index in [1.165, 1.54) is 0 Å². The summed E-state index contributed by atoms with van der Waals surface area (Å²) in [6, 6.07) is 0. The van der Waals surface area contributed by atoms with Crippen molar-refractivity contribution in [2.45, 2.75) is 6.10 Å². The highest BCUT2D eigenvalue weighted by atomic mass is 127. The van der Waals surface area contributed by atoms with Crippen LogP contribution in [0.5, 0.6) is 0 Å². The van der Waals surface area contributed by atoms with Crippen LogP contribution in [0, 0.1) is 0 Å². The van der Waals surface area contributed by atoms with Crippen LogP contribution in [-0.4, -0.2) is 39.9 Å². The normalized spacial score (nSPS) is 14.3. The molecule has 0 bridgehead atoms. The Morgan fingerprint density at radius 1 is 1.78 bits per heavy atom. The van der Waals surface area contributed by atoms with Crippen molar-refractivity contribution in [1.29, 1.82) is 0 Å². The van der Waals surface area contributed by atoms with E-state index >= 15 is 0 Å². The number of rotatable bonds is 4. The molecule has 1 N–H and O–H groups in total. The van der Waals surface area contributed by atoms with Gasteiger partial charge in [-0.05, 0) is 13.3 Å². The zero-order valence-corrected chi connectivity index (χ0v) is 8.65. The second-order valence-corrected chi connectivity index (χ2v) is 4.45. The van der Waals surface area contributed by atoms with E-state index in [-0.39, 0.29) is 6.10 Å². The summed E-state index contributed by atoms with van der Waals surface area (Å²) in [5.74, 6) is 0.827. The van der Waals surface area contributed by atoms with Gasteiger partial charge >= 0.3 is 0 Å². The monoisotopic (exact) mass is 261 g/mol. The van der Waals surface area contributed by atoms with E-state index in [4.69, 9.17) is 5.11 Å². The molecule has 2 nitrogen and oxygen atoms in total. The molecule has 0 aliphatic rings. The summed E-state index contributed by atoms with van der Waals surface area (Å²) in [5, 5.41) is 9.15. The fourth-order valence-electron chi connectivity index (χ4n) is 0.535. The summed E-state index contributed by atoms with van der Waals surface area (Å²) in [7, 11) is 1.95. The predicted molar refractivity (Wildman–Crippen MR) is 51.0 cm³/mol. The Morgan fingerprint density at radius 3 is 2.67 bits per heavy atom. The molecule has 9 heavy (non-hydrogen) atoms. The van der Waals surface area contributed by atoms with E-state index in [0.717, 1.165) is 12.3 Å². The molecule has 0 aromatic heterocycles. The molecular formula is C5H12INOS. The van der Waals surface area contributed by atoms with Gasteiger partial charge in [-0.2, -0.15) is 11.8 Å². The molecule has 56 valence electrons. The lowest BCUT2D eigenvalue weighted by atomic mass is 10.4. The van der Waals surface area contributed by atoms with Gasteiger partial charge < -0.3 is 5.11 Å². The first-order chi connectivity index (χ1) is 4.16. The fourth-order valence-corrected chi connectivity index (χ4v) is 1.48. The number of aliphatic hydroxyl groups is 1. The van der Waals surface area contributed by atoms with Crippen LogP contribution in [0.3, 0.4) is 0 Å². The minimum Gasteiger partial charge on any atom is -0.391 e. The van der Waals surface area contributed by atoms with Crippen LogP contribution in [0.2, 0.25) is 0 Å². The summed E-state index contributed by atoms with van der Waals surface area (Å²) in [6.45, 7) is 0.751. The molecule has 1 unspecified atom stereocenters. The van der Waals surface area contributed by atoms with Gasteiger partial charge in [0.15, 0.2) is 0 Å². The largest absolute Gasteiger partial charge is 0.391 e. The molecule has 0 heterocycles. The molecule has 0 saturated heterocycles. The molecule has 1 atom stereocenters. The topological polar surface area (TPSA) is 23.5 Å². The van der Waals surface area contributed by atoms with Crippen molar-refractivity contribution in [2.24, 2.45) is 0 Å². The highest BCUT2D eigenvalue weighted by molar-refractivity contribution is 14.1. The van der Waals surface area contributed by atoms with Crippen LogP contribution in [-0.2, 0) is 0 Å². The number of hydrogen-bond donors (Lipinski definition) is 1. The van der Waals surface area contributed by atoms with Crippen molar-refractivity contribution < 1.29 is 5.11 Å². The number of thioether (sulfide) groups is 1. The number of aliphatic hydroxyl groups excluding tert-OH is 1. The van der Waals surface area contributed by atoms with Crippen LogP contribution < -0.4 is 0 Å². The number of nitrogens with zero attached hydrogens (tertiary/aromatic N) is 1. The number of hydrogen-bond acceptors (Lipinski definition) is 3. The molecule has 4 heteroatoms. The molecule has 0 radical (unpaired) electrons. The van der Waals surface area contributed by atoms with Crippen LogP contribution >= 0.6 is 34.6 Å². The smallest absolute Gasteiger partial charge is 0.0765 e. The van der Waals surface area contributed by atoms with Gasteiger partial charge in [0, 0.05) is 35.2 Å². The molecule has 0 aromatic rings. The van der Waals surface area contributed by atoms with Gasteiger partial charge in [-0.15, -0.1) is 0 Å². The van der Waals surface area contributed by atoms with E-state index in [9.17, 15) is 0 Å². The van der Waals surface area contributed by atoms with Crippen LogP contribution in [0.25, 0.3) is 0 Å². The number of likely N-dealkylation sites (N-methyl/N-ethyl adjacent to an activating group) is 1. The first-order valence-corrected chi connectivity index (χ1v) is 5.06. The van der Waals surface area contributed by atoms with Gasteiger partial charge in [0.25, 0.3) is 0 Å². The van der Waals surface area contributed by atoms with E-state index in [2.05, 4.69) is 22.9 Å².